The number of carbonyl (C=O) groups excluding carboxylic acids is 1. The van der Waals surface area contributed by atoms with Crippen molar-refractivity contribution in [1.82, 2.24) is 9.97 Å². The number of ether oxygens (including phenoxy) is 1. The van der Waals surface area contributed by atoms with E-state index in [4.69, 9.17) is 4.98 Å². The molecule has 1 aliphatic carbocycles. The van der Waals surface area contributed by atoms with E-state index in [1.807, 2.05) is 0 Å². The summed E-state index contributed by atoms with van der Waals surface area (Å²) in [6, 6.07) is 3.46. The van der Waals surface area contributed by atoms with Crippen molar-refractivity contribution < 1.29 is 9.53 Å². The number of thiazole rings is 1. The predicted molar refractivity (Wildman–Crippen MR) is 96.3 cm³/mol. The molecule has 0 atom stereocenters. The van der Waals surface area contributed by atoms with Gasteiger partial charge in [0, 0.05) is 21.9 Å². The summed E-state index contributed by atoms with van der Waals surface area (Å²) in [7, 11) is 1.36. The van der Waals surface area contributed by atoms with Gasteiger partial charge in [-0.2, -0.15) is 0 Å². The van der Waals surface area contributed by atoms with Crippen LogP contribution in [0.4, 0.5) is 10.9 Å². The van der Waals surface area contributed by atoms with E-state index in [-0.39, 0.29) is 16.8 Å². The van der Waals surface area contributed by atoms with Gasteiger partial charge in [0.1, 0.15) is 5.82 Å². The predicted octanol–water partition coefficient (Wildman–Crippen LogP) is 4.42. The number of aromatic nitrogens is 2. The summed E-state index contributed by atoms with van der Waals surface area (Å²) in [5.74, 6) is 0.284. The van der Waals surface area contributed by atoms with Gasteiger partial charge in [-0.25, -0.2) is 14.8 Å². The molecule has 128 valence electrons. The Bertz CT molecular complexity index is 730. The topological polar surface area (TPSA) is 64.1 Å². The van der Waals surface area contributed by atoms with Crippen molar-refractivity contribution in [2.24, 2.45) is 0 Å². The fourth-order valence-electron chi connectivity index (χ4n) is 2.96. The van der Waals surface area contributed by atoms with Gasteiger partial charge in [-0.05, 0) is 25.0 Å². The van der Waals surface area contributed by atoms with E-state index < -0.39 is 0 Å². The van der Waals surface area contributed by atoms with Crippen LogP contribution in [0.2, 0.25) is 0 Å². The van der Waals surface area contributed by atoms with Gasteiger partial charge in [-0.15, -0.1) is 11.3 Å². The van der Waals surface area contributed by atoms with Gasteiger partial charge in [0.05, 0.1) is 18.4 Å². The summed E-state index contributed by atoms with van der Waals surface area (Å²) in [6.07, 6.45) is 3.82. The Balaban J connectivity index is 1.87. The zero-order chi connectivity index (χ0) is 17.5. The number of hydrogen-bond acceptors (Lipinski definition) is 6. The number of nitrogens with one attached hydrogen (secondary N) is 1. The van der Waals surface area contributed by atoms with Gasteiger partial charge in [-0.3, -0.25) is 0 Å². The molecule has 5 nitrogen and oxygen atoms in total. The normalized spacial score (nSPS) is 17.9. The summed E-state index contributed by atoms with van der Waals surface area (Å²) in [4.78, 5) is 21.9. The molecule has 1 aliphatic rings. The molecule has 2 heterocycles. The molecule has 0 bridgehead atoms. The highest BCUT2D eigenvalue weighted by molar-refractivity contribution is 7.16. The van der Waals surface area contributed by atoms with Gasteiger partial charge < -0.3 is 10.1 Å². The minimum atomic E-state index is -0.387. The quantitative estimate of drug-likeness (QED) is 0.834. The van der Waals surface area contributed by atoms with Gasteiger partial charge in [0.15, 0.2) is 5.13 Å². The fourth-order valence-corrected chi connectivity index (χ4v) is 4.25. The molecule has 0 aromatic carbocycles. The number of anilines is 2. The lowest BCUT2D eigenvalue weighted by atomic mass is 9.69. The Labute approximate surface area is 146 Å². The van der Waals surface area contributed by atoms with E-state index in [9.17, 15) is 4.79 Å². The highest BCUT2D eigenvalue weighted by Crippen LogP contribution is 2.49. The molecule has 0 saturated carbocycles. The standard InChI is InChI=1S/C18H23N3O2S/c1-17(2)8-9-18(3,4)14-13(17)21-16(24-14)20-12-7-6-11(10-19-12)15(22)23-5/h6-7,10H,8-9H2,1-5H3,(H,19,20,21). The van der Waals surface area contributed by atoms with Crippen molar-refractivity contribution in [3.63, 3.8) is 0 Å². The first-order valence-electron chi connectivity index (χ1n) is 8.06. The van der Waals surface area contributed by atoms with Crippen LogP contribution in [0.15, 0.2) is 18.3 Å². The lowest BCUT2D eigenvalue weighted by Crippen LogP contribution is -2.32. The van der Waals surface area contributed by atoms with E-state index in [2.05, 4.69) is 42.7 Å². The molecule has 0 unspecified atom stereocenters. The minimum Gasteiger partial charge on any atom is -0.465 e. The van der Waals surface area contributed by atoms with Crippen molar-refractivity contribution in [2.45, 2.75) is 51.4 Å². The lowest BCUT2D eigenvalue weighted by Gasteiger charge is -2.37. The van der Waals surface area contributed by atoms with E-state index >= 15 is 0 Å². The van der Waals surface area contributed by atoms with Crippen LogP contribution in [-0.4, -0.2) is 23.0 Å². The number of nitrogens with zero attached hydrogens (tertiary/aromatic N) is 2. The number of hydrogen-bond donors (Lipinski definition) is 1. The smallest absolute Gasteiger partial charge is 0.339 e. The molecule has 0 saturated heterocycles. The van der Waals surface area contributed by atoms with E-state index in [1.165, 1.54) is 30.3 Å². The number of fused-ring (bicyclic) bond motifs is 1. The molecule has 0 amide bonds. The third-order valence-electron chi connectivity index (χ3n) is 4.68. The maximum absolute atomic E-state index is 11.5. The fraction of sp³-hybridized carbons (Fsp3) is 0.500. The molecule has 3 rings (SSSR count). The van der Waals surface area contributed by atoms with E-state index in [1.54, 1.807) is 23.5 Å². The summed E-state index contributed by atoms with van der Waals surface area (Å²) in [5.41, 5.74) is 1.88. The summed E-state index contributed by atoms with van der Waals surface area (Å²) in [6.45, 7) is 9.08. The van der Waals surface area contributed by atoms with Gasteiger partial charge in [-0.1, -0.05) is 27.7 Å². The molecule has 2 aromatic heterocycles. The third kappa shape index (κ3) is 3.02. The van der Waals surface area contributed by atoms with Gasteiger partial charge in [0.25, 0.3) is 0 Å². The minimum absolute atomic E-state index is 0.101. The first-order valence-corrected chi connectivity index (χ1v) is 8.88. The number of pyridine rings is 1. The van der Waals surface area contributed by atoms with Crippen LogP contribution in [0, 0.1) is 0 Å². The summed E-state index contributed by atoms with van der Waals surface area (Å²) < 4.78 is 4.69. The van der Waals surface area contributed by atoms with Crippen LogP contribution >= 0.6 is 11.3 Å². The molecule has 0 fully saturated rings. The Morgan fingerprint density at radius 2 is 1.92 bits per heavy atom. The monoisotopic (exact) mass is 345 g/mol. The van der Waals surface area contributed by atoms with Crippen LogP contribution in [0.3, 0.4) is 0 Å². The van der Waals surface area contributed by atoms with Crippen LogP contribution in [0.25, 0.3) is 0 Å². The number of esters is 1. The first kappa shape index (κ1) is 16.9. The van der Waals surface area contributed by atoms with Crippen molar-refractivity contribution in [3.05, 3.63) is 34.5 Å². The van der Waals surface area contributed by atoms with Crippen LogP contribution in [0.5, 0.6) is 0 Å². The molecule has 24 heavy (non-hydrogen) atoms. The number of rotatable bonds is 3. The van der Waals surface area contributed by atoms with Crippen molar-refractivity contribution >= 4 is 28.3 Å². The Morgan fingerprint density at radius 1 is 1.21 bits per heavy atom. The molecule has 6 heteroatoms. The average Bonchev–Trinajstić information content (AvgIpc) is 2.98. The molecule has 2 aromatic rings. The first-order chi connectivity index (χ1) is 11.2. The second-order valence-corrected chi connectivity index (χ2v) is 8.51. The second kappa shape index (κ2) is 5.84. The maximum Gasteiger partial charge on any atom is 0.339 e. The van der Waals surface area contributed by atoms with Gasteiger partial charge in [0.2, 0.25) is 0 Å². The molecule has 1 N–H and O–H groups in total. The highest BCUT2D eigenvalue weighted by atomic mass is 32.1. The number of carbonyl (C=O) groups is 1. The zero-order valence-corrected chi connectivity index (χ0v) is 15.6. The Morgan fingerprint density at radius 3 is 2.50 bits per heavy atom. The summed E-state index contributed by atoms with van der Waals surface area (Å²) >= 11 is 1.70. The van der Waals surface area contributed by atoms with Crippen molar-refractivity contribution in [3.8, 4) is 0 Å². The molecule has 0 spiro atoms. The SMILES string of the molecule is COC(=O)c1ccc(Nc2nc3c(s2)C(C)(C)CCC3(C)C)nc1. The Hall–Kier alpha value is -1.95. The highest BCUT2D eigenvalue weighted by Gasteiger charge is 2.40. The largest absolute Gasteiger partial charge is 0.465 e. The third-order valence-corrected chi connectivity index (χ3v) is 6.01. The Kier molecular flexibility index (Phi) is 4.11. The second-order valence-electron chi connectivity index (χ2n) is 7.51. The van der Waals surface area contributed by atoms with Crippen LogP contribution in [-0.2, 0) is 15.6 Å². The molecule has 0 aliphatic heterocycles. The maximum atomic E-state index is 11.5. The van der Waals surface area contributed by atoms with Crippen LogP contribution in [0.1, 0.15) is 61.5 Å². The zero-order valence-electron chi connectivity index (χ0n) is 14.8. The number of methoxy groups -OCH3 is 1. The summed E-state index contributed by atoms with van der Waals surface area (Å²) in [5, 5.41) is 4.11. The van der Waals surface area contributed by atoms with Crippen molar-refractivity contribution in [2.75, 3.05) is 12.4 Å². The van der Waals surface area contributed by atoms with E-state index in [0.717, 1.165) is 11.6 Å². The molecule has 0 radical (unpaired) electrons. The lowest BCUT2D eigenvalue weighted by molar-refractivity contribution is 0.0600. The van der Waals surface area contributed by atoms with Gasteiger partial charge >= 0.3 is 5.97 Å². The van der Waals surface area contributed by atoms with Crippen molar-refractivity contribution in [1.29, 1.82) is 0 Å². The van der Waals surface area contributed by atoms with Crippen LogP contribution < -0.4 is 5.32 Å². The molecular formula is C18H23N3O2S. The van der Waals surface area contributed by atoms with E-state index in [0.29, 0.717) is 11.4 Å². The average molecular weight is 345 g/mol. The molecular weight excluding hydrogens is 322 g/mol.